The van der Waals surface area contributed by atoms with Crippen molar-refractivity contribution in [2.45, 2.75) is 6.54 Å². The summed E-state index contributed by atoms with van der Waals surface area (Å²) in [5.74, 6) is 0. The van der Waals surface area contributed by atoms with Crippen molar-refractivity contribution in [3.8, 4) is 0 Å². The molecule has 5 heteroatoms. The summed E-state index contributed by atoms with van der Waals surface area (Å²) >= 11 is 2.22. The van der Waals surface area contributed by atoms with E-state index in [1.807, 2.05) is 24.3 Å². The highest BCUT2D eigenvalue weighted by Crippen LogP contribution is 2.07. The van der Waals surface area contributed by atoms with Crippen molar-refractivity contribution >= 4 is 22.6 Å². The van der Waals surface area contributed by atoms with Crippen LogP contribution in [0.4, 0.5) is 0 Å². The highest BCUT2D eigenvalue weighted by Gasteiger charge is 2.02. The van der Waals surface area contributed by atoms with Gasteiger partial charge in [-0.3, -0.25) is 9.59 Å². The third-order valence-electron chi connectivity index (χ3n) is 2.50. The van der Waals surface area contributed by atoms with Crippen LogP contribution in [0.1, 0.15) is 5.56 Å². The Hall–Kier alpha value is -1.37. The van der Waals surface area contributed by atoms with Gasteiger partial charge in [-0.2, -0.15) is 0 Å². The predicted octanol–water partition coefficient (Wildman–Crippen LogP) is 1.20. The quantitative estimate of drug-likeness (QED) is 0.608. The number of halogens is 1. The smallest absolute Gasteiger partial charge is 0.312 e. The lowest BCUT2D eigenvalue weighted by Crippen LogP contribution is -2.39. The summed E-state index contributed by atoms with van der Waals surface area (Å²) in [6.07, 6.45) is 3.22. The van der Waals surface area contributed by atoms with Crippen LogP contribution in [-0.2, 0) is 13.6 Å². The van der Waals surface area contributed by atoms with Crippen molar-refractivity contribution in [1.82, 2.24) is 9.13 Å². The number of hydrogen-bond acceptors (Lipinski definition) is 2. The van der Waals surface area contributed by atoms with Gasteiger partial charge < -0.3 is 9.13 Å². The molecular formula is C12H11IN2O2. The minimum absolute atomic E-state index is 0.422. The van der Waals surface area contributed by atoms with Gasteiger partial charge in [0.05, 0.1) is 6.54 Å². The fraction of sp³-hybridized carbons (Fsp3) is 0.167. The molecule has 0 bridgehead atoms. The molecule has 0 saturated carbocycles. The van der Waals surface area contributed by atoms with Gasteiger partial charge in [0, 0.05) is 23.0 Å². The molecule has 0 radical (unpaired) electrons. The molecule has 0 spiro atoms. The Morgan fingerprint density at radius 2 is 1.71 bits per heavy atom. The average molecular weight is 342 g/mol. The van der Waals surface area contributed by atoms with Crippen molar-refractivity contribution in [1.29, 1.82) is 0 Å². The molecule has 1 heterocycles. The van der Waals surface area contributed by atoms with Gasteiger partial charge in [-0.05, 0) is 40.3 Å². The van der Waals surface area contributed by atoms with Gasteiger partial charge in [-0.15, -0.1) is 0 Å². The second kappa shape index (κ2) is 4.87. The molecule has 2 aromatic rings. The average Bonchev–Trinajstić information content (AvgIpc) is 2.33. The molecule has 0 amide bonds. The van der Waals surface area contributed by atoms with E-state index in [2.05, 4.69) is 22.6 Å². The number of hydrogen-bond donors (Lipinski definition) is 0. The van der Waals surface area contributed by atoms with E-state index in [1.54, 1.807) is 19.4 Å². The first kappa shape index (κ1) is 12.1. The van der Waals surface area contributed by atoms with E-state index in [0.717, 1.165) is 9.13 Å². The van der Waals surface area contributed by atoms with E-state index in [9.17, 15) is 9.59 Å². The first-order valence-corrected chi connectivity index (χ1v) is 6.16. The lowest BCUT2D eigenvalue weighted by Gasteiger charge is -2.06. The van der Waals surface area contributed by atoms with Gasteiger partial charge in [0.25, 0.3) is 0 Å². The standard InChI is InChI=1S/C12H11IN2O2/c1-14-6-7-15(12(17)11(14)16)8-9-2-4-10(13)5-3-9/h2-7H,8H2,1H3. The Morgan fingerprint density at radius 1 is 1.06 bits per heavy atom. The van der Waals surface area contributed by atoms with Gasteiger partial charge >= 0.3 is 11.1 Å². The largest absolute Gasteiger partial charge is 0.316 e. The lowest BCUT2D eigenvalue weighted by atomic mass is 10.2. The molecule has 4 nitrogen and oxygen atoms in total. The number of nitrogens with zero attached hydrogens (tertiary/aromatic N) is 2. The first-order valence-electron chi connectivity index (χ1n) is 5.08. The van der Waals surface area contributed by atoms with E-state index in [0.29, 0.717) is 6.54 Å². The summed E-state index contributed by atoms with van der Waals surface area (Å²) in [6.45, 7) is 0.422. The van der Waals surface area contributed by atoms with Gasteiger partial charge in [-0.1, -0.05) is 12.1 Å². The second-order valence-corrected chi connectivity index (χ2v) is 5.02. The Balaban J connectivity index is 2.37. The minimum atomic E-state index is -0.502. The van der Waals surface area contributed by atoms with Gasteiger partial charge in [-0.25, -0.2) is 0 Å². The van der Waals surface area contributed by atoms with Crippen molar-refractivity contribution in [3.63, 3.8) is 0 Å². The Bertz CT molecular complexity index is 641. The van der Waals surface area contributed by atoms with Gasteiger partial charge in [0.1, 0.15) is 0 Å². The topological polar surface area (TPSA) is 44.0 Å². The third-order valence-corrected chi connectivity index (χ3v) is 3.22. The van der Waals surface area contributed by atoms with Crippen LogP contribution in [0.2, 0.25) is 0 Å². The second-order valence-electron chi connectivity index (χ2n) is 3.77. The van der Waals surface area contributed by atoms with E-state index in [-0.39, 0.29) is 0 Å². The van der Waals surface area contributed by atoms with E-state index >= 15 is 0 Å². The lowest BCUT2D eigenvalue weighted by molar-refractivity contribution is 0.695. The fourth-order valence-corrected chi connectivity index (χ4v) is 1.86. The summed E-state index contributed by atoms with van der Waals surface area (Å²) in [5, 5.41) is 0. The van der Waals surface area contributed by atoms with Crippen LogP contribution < -0.4 is 11.1 Å². The fourth-order valence-electron chi connectivity index (χ4n) is 1.50. The van der Waals surface area contributed by atoms with E-state index < -0.39 is 11.1 Å². The van der Waals surface area contributed by atoms with Crippen LogP contribution in [0.3, 0.4) is 0 Å². The monoisotopic (exact) mass is 342 g/mol. The van der Waals surface area contributed by atoms with E-state index in [1.165, 1.54) is 9.13 Å². The molecule has 1 aromatic carbocycles. The molecule has 0 fully saturated rings. The molecule has 0 aliphatic carbocycles. The maximum atomic E-state index is 11.7. The molecule has 0 saturated heterocycles. The van der Waals surface area contributed by atoms with E-state index in [4.69, 9.17) is 0 Å². The number of rotatable bonds is 2. The zero-order chi connectivity index (χ0) is 12.4. The highest BCUT2D eigenvalue weighted by molar-refractivity contribution is 14.1. The normalized spacial score (nSPS) is 10.5. The first-order chi connectivity index (χ1) is 8.08. The maximum absolute atomic E-state index is 11.7. The van der Waals surface area contributed by atoms with Crippen molar-refractivity contribution < 1.29 is 0 Å². The minimum Gasteiger partial charge on any atom is -0.312 e. The number of aryl methyl sites for hydroxylation is 1. The third kappa shape index (κ3) is 2.66. The molecule has 1 aromatic heterocycles. The zero-order valence-corrected chi connectivity index (χ0v) is 11.4. The van der Waals surface area contributed by atoms with Crippen molar-refractivity contribution in [2.24, 2.45) is 7.05 Å². The summed E-state index contributed by atoms with van der Waals surface area (Å²) in [5.41, 5.74) is 0.00679. The summed E-state index contributed by atoms with van der Waals surface area (Å²) < 4.78 is 3.85. The number of benzene rings is 1. The molecule has 0 atom stereocenters. The van der Waals surface area contributed by atoms with Crippen LogP contribution in [-0.4, -0.2) is 9.13 Å². The molecule has 0 N–H and O–H groups in total. The Morgan fingerprint density at radius 3 is 2.35 bits per heavy atom. The predicted molar refractivity (Wildman–Crippen MR) is 74.2 cm³/mol. The number of aromatic nitrogens is 2. The van der Waals surface area contributed by atoms with Crippen LogP contribution in [0.25, 0.3) is 0 Å². The molecule has 0 aliphatic rings. The molecular weight excluding hydrogens is 331 g/mol. The Kier molecular flexibility index (Phi) is 3.46. The summed E-state index contributed by atoms with van der Waals surface area (Å²) in [7, 11) is 1.57. The Labute approximate surface area is 112 Å². The van der Waals surface area contributed by atoms with Crippen molar-refractivity contribution in [2.75, 3.05) is 0 Å². The maximum Gasteiger partial charge on any atom is 0.316 e. The SMILES string of the molecule is Cn1ccn(Cc2ccc(I)cc2)c(=O)c1=O. The van der Waals surface area contributed by atoms with Crippen LogP contribution in [0.5, 0.6) is 0 Å². The molecule has 17 heavy (non-hydrogen) atoms. The van der Waals surface area contributed by atoms with Crippen molar-refractivity contribution in [3.05, 3.63) is 66.5 Å². The van der Waals surface area contributed by atoms with Gasteiger partial charge in [0.15, 0.2) is 0 Å². The molecule has 0 unspecified atom stereocenters. The van der Waals surface area contributed by atoms with Crippen LogP contribution in [0.15, 0.2) is 46.2 Å². The van der Waals surface area contributed by atoms with Crippen LogP contribution in [0, 0.1) is 3.57 Å². The summed E-state index contributed by atoms with van der Waals surface area (Å²) in [6, 6.07) is 7.85. The summed E-state index contributed by atoms with van der Waals surface area (Å²) in [4.78, 5) is 23.2. The van der Waals surface area contributed by atoms with Gasteiger partial charge in [0.2, 0.25) is 0 Å². The molecule has 0 aliphatic heterocycles. The highest BCUT2D eigenvalue weighted by atomic mass is 127. The van der Waals surface area contributed by atoms with Crippen LogP contribution >= 0.6 is 22.6 Å². The molecule has 88 valence electrons. The molecule has 2 rings (SSSR count). The zero-order valence-electron chi connectivity index (χ0n) is 9.26.